The van der Waals surface area contributed by atoms with Crippen LogP contribution in [0.5, 0.6) is 0 Å². The van der Waals surface area contributed by atoms with E-state index < -0.39 is 6.03 Å². The third-order valence-corrected chi connectivity index (χ3v) is 1.33. The lowest BCUT2D eigenvalue weighted by atomic mass is 11.0. The molecule has 2 amide bonds. The molecule has 48 valence electrons. The summed E-state index contributed by atoms with van der Waals surface area (Å²) in [4.78, 5) is 10.1. The number of hydrogen-bond acceptors (Lipinski definition) is 3. The van der Waals surface area contributed by atoms with Crippen LogP contribution >= 0.6 is 11.9 Å². The molecular weight excluding hydrogens is 128 g/mol. The monoisotopic (exact) mass is 136 g/mol. The van der Waals surface area contributed by atoms with Crippen molar-refractivity contribution in [1.29, 1.82) is 0 Å². The number of urea groups is 1. The molecule has 0 aliphatic rings. The highest BCUT2D eigenvalue weighted by Crippen LogP contribution is 2.00. The SMILES string of the molecule is CSN(CO)C(N)=O. The molecule has 0 saturated carbocycles. The van der Waals surface area contributed by atoms with Gasteiger partial charge in [0.25, 0.3) is 0 Å². The maximum absolute atomic E-state index is 10.1. The van der Waals surface area contributed by atoms with Crippen LogP contribution in [-0.2, 0) is 0 Å². The van der Waals surface area contributed by atoms with E-state index in [-0.39, 0.29) is 6.73 Å². The van der Waals surface area contributed by atoms with Crippen LogP contribution in [-0.4, -0.2) is 28.4 Å². The van der Waals surface area contributed by atoms with E-state index in [9.17, 15) is 4.79 Å². The van der Waals surface area contributed by atoms with Crippen LogP contribution in [0.2, 0.25) is 0 Å². The minimum absolute atomic E-state index is 0.337. The molecule has 0 heterocycles. The zero-order valence-electron chi connectivity index (χ0n) is 4.50. The summed E-state index contributed by atoms with van der Waals surface area (Å²) in [6.07, 6.45) is 1.65. The molecule has 0 fully saturated rings. The molecule has 0 rings (SSSR count). The molecule has 0 aliphatic carbocycles. The molecule has 0 atom stereocenters. The topological polar surface area (TPSA) is 66.6 Å². The molecule has 5 heteroatoms. The van der Waals surface area contributed by atoms with Crippen LogP contribution in [0.1, 0.15) is 0 Å². The van der Waals surface area contributed by atoms with Gasteiger partial charge in [0.2, 0.25) is 0 Å². The Balaban J connectivity index is 3.52. The van der Waals surface area contributed by atoms with Gasteiger partial charge in [0, 0.05) is 6.26 Å². The number of carbonyl (C=O) groups is 1. The third-order valence-electron chi connectivity index (χ3n) is 0.595. The Morgan fingerprint density at radius 3 is 2.50 bits per heavy atom. The van der Waals surface area contributed by atoms with Crippen molar-refractivity contribution in [3.8, 4) is 0 Å². The number of aliphatic hydroxyl groups excluding tert-OH is 1. The normalized spacial score (nSPS) is 8.75. The molecule has 0 aliphatic heterocycles. The van der Waals surface area contributed by atoms with Gasteiger partial charge < -0.3 is 10.8 Å². The van der Waals surface area contributed by atoms with E-state index in [0.29, 0.717) is 0 Å². The van der Waals surface area contributed by atoms with E-state index in [0.717, 1.165) is 16.3 Å². The average molecular weight is 136 g/mol. The third kappa shape index (κ3) is 2.04. The number of hydrogen-bond donors (Lipinski definition) is 2. The number of amides is 2. The highest BCUT2D eigenvalue weighted by Gasteiger charge is 2.02. The number of primary amides is 1. The summed E-state index contributed by atoms with van der Waals surface area (Å²) in [7, 11) is 0. The first-order chi connectivity index (χ1) is 3.72. The van der Waals surface area contributed by atoms with Crippen molar-refractivity contribution in [3.63, 3.8) is 0 Å². The number of nitrogens with zero attached hydrogens (tertiary/aromatic N) is 1. The summed E-state index contributed by atoms with van der Waals surface area (Å²) in [5.41, 5.74) is 4.76. The number of nitrogens with two attached hydrogens (primary N) is 1. The Morgan fingerprint density at radius 1 is 2.00 bits per heavy atom. The van der Waals surface area contributed by atoms with Crippen molar-refractivity contribution in [1.82, 2.24) is 4.31 Å². The van der Waals surface area contributed by atoms with Gasteiger partial charge in [-0.05, 0) is 11.9 Å². The second-order valence-electron chi connectivity index (χ2n) is 1.04. The first-order valence-electron chi connectivity index (χ1n) is 1.94. The molecule has 0 spiro atoms. The average Bonchev–Trinajstić information content (AvgIpc) is 1.69. The highest BCUT2D eigenvalue weighted by atomic mass is 32.2. The van der Waals surface area contributed by atoms with Crippen LogP contribution in [0, 0.1) is 0 Å². The van der Waals surface area contributed by atoms with E-state index in [1.54, 1.807) is 6.26 Å². The van der Waals surface area contributed by atoms with E-state index in [2.05, 4.69) is 0 Å². The van der Waals surface area contributed by atoms with Gasteiger partial charge in [0.05, 0.1) is 0 Å². The predicted octanol–water partition coefficient (Wildman–Crippen LogP) is -0.405. The molecular formula is C3H8N2O2S. The number of rotatable bonds is 2. The summed E-state index contributed by atoms with van der Waals surface area (Å²) >= 11 is 1.09. The van der Waals surface area contributed by atoms with Gasteiger partial charge in [-0.1, -0.05) is 0 Å². The zero-order chi connectivity index (χ0) is 6.57. The molecule has 0 bridgehead atoms. The second kappa shape index (κ2) is 3.57. The summed E-state index contributed by atoms with van der Waals surface area (Å²) in [6.45, 7) is -0.337. The van der Waals surface area contributed by atoms with Crippen LogP contribution < -0.4 is 5.73 Å². The van der Waals surface area contributed by atoms with Gasteiger partial charge in [-0.3, -0.25) is 0 Å². The van der Waals surface area contributed by atoms with Crippen LogP contribution in [0.25, 0.3) is 0 Å². The van der Waals surface area contributed by atoms with Crippen LogP contribution in [0.4, 0.5) is 4.79 Å². The van der Waals surface area contributed by atoms with Crippen molar-refractivity contribution < 1.29 is 9.90 Å². The van der Waals surface area contributed by atoms with Crippen molar-refractivity contribution in [3.05, 3.63) is 0 Å². The molecule has 0 saturated heterocycles. The fourth-order valence-corrected chi connectivity index (χ4v) is 0.513. The Bertz CT molecular complexity index is 83.4. The maximum Gasteiger partial charge on any atom is 0.326 e. The Kier molecular flexibility index (Phi) is 3.38. The lowest BCUT2D eigenvalue weighted by Gasteiger charge is -2.10. The standard InChI is InChI=1S/C3H8N2O2S/c1-8-5(2-6)3(4)7/h6H,2H2,1H3,(H2,4,7). The van der Waals surface area contributed by atoms with E-state index in [1.165, 1.54) is 0 Å². The molecule has 3 N–H and O–H groups in total. The van der Waals surface area contributed by atoms with Crippen LogP contribution in [0.15, 0.2) is 0 Å². The van der Waals surface area contributed by atoms with Crippen LogP contribution in [0.3, 0.4) is 0 Å². The maximum atomic E-state index is 10.1. The molecule has 0 unspecified atom stereocenters. The zero-order valence-corrected chi connectivity index (χ0v) is 5.31. The molecule has 0 aromatic heterocycles. The van der Waals surface area contributed by atoms with Gasteiger partial charge in [0.1, 0.15) is 6.73 Å². The minimum Gasteiger partial charge on any atom is -0.375 e. The molecule has 0 aromatic rings. The first-order valence-corrected chi connectivity index (χ1v) is 3.12. The van der Waals surface area contributed by atoms with E-state index >= 15 is 0 Å². The Morgan fingerprint density at radius 2 is 2.50 bits per heavy atom. The quantitative estimate of drug-likeness (QED) is 0.401. The summed E-state index contributed by atoms with van der Waals surface area (Å²) in [6, 6.07) is -0.625. The Labute approximate surface area is 51.8 Å². The second-order valence-corrected chi connectivity index (χ2v) is 1.85. The van der Waals surface area contributed by atoms with Gasteiger partial charge in [-0.2, -0.15) is 0 Å². The molecule has 0 aromatic carbocycles. The predicted molar refractivity (Wildman–Crippen MR) is 32.0 cm³/mol. The molecule has 8 heavy (non-hydrogen) atoms. The molecule has 4 nitrogen and oxygen atoms in total. The van der Waals surface area contributed by atoms with Gasteiger partial charge in [-0.15, -0.1) is 0 Å². The van der Waals surface area contributed by atoms with E-state index in [4.69, 9.17) is 10.8 Å². The van der Waals surface area contributed by atoms with Gasteiger partial charge in [0.15, 0.2) is 0 Å². The minimum atomic E-state index is -0.625. The van der Waals surface area contributed by atoms with Crippen molar-refractivity contribution in [2.24, 2.45) is 5.73 Å². The van der Waals surface area contributed by atoms with Gasteiger partial charge in [-0.25, -0.2) is 9.10 Å². The fraction of sp³-hybridized carbons (Fsp3) is 0.667. The van der Waals surface area contributed by atoms with Crippen molar-refractivity contribution in [2.75, 3.05) is 13.0 Å². The van der Waals surface area contributed by atoms with E-state index in [1.807, 2.05) is 0 Å². The number of carbonyl (C=O) groups excluding carboxylic acids is 1. The van der Waals surface area contributed by atoms with Crippen molar-refractivity contribution in [2.45, 2.75) is 0 Å². The summed E-state index contributed by atoms with van der Waals surface area (Å²) < 4.78 is 1.03. The highest BCUT2D eigenvalue weighted by molar-refractivity contribution is 7.96. The van der Waals surface area contributed by atoms with Crippen molar-refractivity contribution >= 4 is 18.0 Å². The van der Waals surface area contributed by atoms with Gasteiger partial charge >= 0.3 is 6.03 Å². The smallest absolute Gasteiger partial charge is 0.326 e. The Hall–Kier alpha value is -0.420. The summed E-state index contributed by atoms with van der Waals surface area (Å²) in [5.74, 6) is 0. The number of aliphatic hydroxyl groups is 1. The molecule has 0 radical (unpaired) electrons. The fourth-order valence-electron chi connectivity index (χ4n) is 0.217. The largest absolute Gasteiger partial charge is 0.375 e. The summed E-state index contributed by atoms with van der Waals surface area (Å²) in [5, 5.41) is 8.30. The lowest BCUT2D eigenvalue weighted by molar-refractivity contribution is 0.184. The first kappa shape index (κ1) is 7.58. The lowest BCUT2D eigenvalue weighted by Crippen LogP contribution is -2.30.